The molecule has 0 saturated carbocycles. The van der Waals surface area contributed by atoms with Gasteiger partial charge in [0, 0.05) is 0 Å². The Kier molecular flexibility index (Phi) is 6.05. The number of rotatable bonds is 0. The molecule has 31 valence electrons. The first kappa shape index (κ1) is 8.83. The highest BCUT2D eigenvalue weighted by molar-refractivity contribution is 5.71. The van der Waals surface area contributed by atoms with Crippen molar-refractivity contribution in [2.45, 2.75) is 0 Å². The van der Waals surface area contributed by atoms with Crippen molar-refractivity contribution in [3.8, 4) is 0 Å². The van der Waals surface area contributed by atoms with Gasteiger partial charge in [0.25, 0.3) is 0 Å². The minimum Gasteiger partial charge on any atom is -0.481 e. The molecule has 0 unspecified atom stereocenters. The van der Waals surface area contributed by atoms with Gasteiger partial charge in [-0.2, -0.15) is 0 Å². The zero-order chi connectivity index (χ0) is 3.58. The molecule has 0 atom stereocenters. The largest absolute Gasteiger partial charge is 0.481 e. The SMILES string of the molecule is N.[CH2]C(=O)O. The van der Waals surface area contributed by atoms with Crippen molar-refractivity contribution in [1.82, 2.24) is 6.15 Å². The highest BCUT2D eigenvalue weighted by atomic mass is 16.4. The van der Waals surface area contributed by atoms with Crippen LogP contribution in [0.15, 0.2) is 0 Å². The van der Waals surface area contributed by atoms with Crippen LogP contribution in [0, 0.1) is 6.92 Å². The third-order valence-corrected chi connectivity index (χ3v) is 0. The van der Waals surface area contributed by atoms with Gasteiger partial charge in [-0.1, -0.05) is 0 Å². The van der Waals surface area contributed by atoms with Gasteiger partial charge in [0.2, 0.25) is 0 Å². The predicted molar refractivity (Wildman–Crippen MR) is 18.0 cm³/mol. The summed E-state index contributed by atoms with van der Waals surface area (Å²) in [5.41, 5.74) is 0. The Labute approximate surface area is 30.2 Å². The Morgan fingerprint density at radius 2 is 1.80 bits per heavy atom. The highest BCUT2D eigenvalue weighted by Crippen LogP contribution is 1.40. The lowest BCUT2D eigenvalue weighted by molar-refractivity contribution is -0.131. The zero-order valence-electron chi connectivity index (χ0n) is 2.77. The number of carboxylic acid groups (broad SMARTS) is 1. The van der Waals surface area contributed by atoms with Crippen LogP contribution in [0.5, 0.6) is 0 Å². The first-order valence-corrected chi connectivity index (χ1v) is 0.781. The first-order chi connectivity index (χ1) is 1.73. The number of hydrogen-bond donors (Lipinski definition) is 2. The van der Waals surface area contributed by atoms with E-state index in [9.17, 15) is 0 Å². The van der Waals surface area contributed by atoms with Gasteiger partial charge in [-0.15, -0.1) is 0 Å². The monoisotopic (exact) mass is 76.0 g/mol. The molecule has 0 bridgehead atoms. The van der Waals surface area contributed by atoms with Gasteiger partial charge >= 0.3 is 5.97 Å². The molecule has 4 N–H and O–H groups in total. The normalized spacial score (nSPS) is 5.00. The van der Waals surface area contributed by atoms with Gasteiger partial charge in [-0.25, -0.2) is 0 Å². The smallest absolute Gasteiger partial charge is 0.303 e. The molecule has 0 aliphatic rings. The molecule has 0 aliphatic carbocycles. The molecule has 0 aromatic heterocycles. The van der Waals surface area contributed by atoms with Crippen LogP contribution in [0.2, 0.25) is 0 Å². The van der Waals surface area contributed by atoms with Gasteiger partial charge in [0.05, 0.1) is 6.92 Å². The van der Waals surface area contributed by atoms with Crippen LogP contribution in [0.4, 0.5) is 0 Å². The fourth-order valence-electron chi connectivity index (χ4n) is 0. The Balaban J connectivity index is 0. The highest BCUT2D eigenvalue weighted by Gasteiger charge is 1.66. The lowest BCUT2D eigenvalue weighted by atomic mass is 10.9. The van der Waals surface area contributed by atoms with Crippen molar-refractivity contribution in [2.24, 2.45) is 0 Å². The van der Waals surface area contributed by atoms with E-state index in [1.165, 1.54) is 0 Å². The summed E-state index contributed by atoms with van der Waals surface area (Å²) in [6.07, 6.45) is 0. The van der Waals surface area contributed by atoms with Crippen molar-refractivity contribution >= 4 is 5.97 Å². The van der Waals surface area contributed by atoms with Gasteiger partial charge in [0.15, 0.2) is 0 Å². The molecular formula is C2H6NO2. The summed E-state index contributed by atoms with van der Waals surface area (Å²) in [6.45, 7) is 2.56. The van der Waals surface area contributed by atoms with Crippen molar-refractivity contribution in [2.75, 3.05) is 0 Å². The molecule has 0 heterocycles. The van der Waals surface area contributed by atoms with E-state index in [0.717, 1.165) is 0 Å². The summed E-state index contributed by atoms with van der Waals surface area (Å²) in [7, 11) is 0. The third kappa shape index (κ3) is 21.6. The van der Waals surface area contributed by atoms with E-state index in [1.807, 2.05) is 0 Å². The summed E-state index contributed by atoms with van der Waals surface area (Å²) in [4.78, 5) is 8.89. The maximum Gasteiger partial charge on any atom is 0.303 e. The summed E-state index contributed by atoms with van der Waals surface area (Å²) in [5.74, 6) is -1.08. The van der Waals surface area contributed by atoms with E-state index >= 15 is 0 Å². The molecule has 5 heavy (non-hydrogen) atoms. The lowest BCUT2D eigenvalue weighted by Crippen LogP contribution is -1.79. The fraction of sp³-hybridized carbons (Fsp3) is 0. The Morgan fingerprint density at radius 1 is 1.80 bits per heavy atom. The summed E-state index contributed by atoms with van der Waals surface area (Å²) in [5, 5.41) is 7.31. The first-order valence-electron chi connectivity index (χ1n) is 0.781. The number of hydrogen-bond acceptors (Lipinski definition) is 2. The maximum atomic E-state index is 8.89. The Hall–Kier alpha value is -0.570. The van der Waals surface area contributed by atoms with Crippen LogP contribution >= 0.6 is 0 Å². The average molecular weight is 76.1 g/mol. The molecule has 0 spiro atoms. The van der Waals surface area contributed by atoms with Crippen molar-refractivity contribution in [1.29, 1.82) is 0 Å². The van der Waals surface area contributed by atoms with Crippen LogP contribution in [-0.4, -0.2) is 11.1 Å². The number of carbonyl (C=O) groups is 1. The van der Waals surface area contributed by atoms with Gasteiger partial charge in [-0.05, 0) is 0 Å². The van der Waals surface area contributed by atoms with Crippen LogP contribution in [-0.2, 0) is 4.79 Å². The minimum atomic E-state index is -1.08. The molecule has 0 aromatic rings. The predicted octanol–water partition coefficient (Wildman–Crippen LogP) is 0.0671. The van der Waals surface area contributed by atoms with E-state index in [-0.39, 0.29) is 6.15 Å². The molecule has 3 nitrogen and oxygen atoms in total. The third-order valence-electron chi connectivity index (χ3n) is 0. The quantitative estimate of drug-likeness (QED) is 0.428. The second-order valence-electron chi connectivity index (χ2n) is 0.394. The van der Waals surface area contributed by atoms with E-state index in [1.54, 1.807) is 0 Å². The Morgan fingerprint density at radius 3 is 1.80 bits per heavy atom. The van der Waals surface area contributed by atoms with Crippen molar-refractivity contribution in [3.63, 3.8) is 0 Å². The van der Waals surface area contributed by atoms with Crippen LogP contribution in [0.1, 0.15) is 0 Å². The maximum absolute atomic E-state index is 8.89. The molecule has 0 fully saturated rings. The zero-order valence-corrected chi connectivity index (χ0v) is 2.77. The second-order valence-corrected chi connectivity index (χ2v) is 0.394. The van der Waals surface area contributed by atoms with Gasteiger partial charge < -0.3 is 11.3 Å². The minimum absolute atomic E-state index is 0. The average Bonchev–Trinajstić information content (AvgIpc) is 0.811. The second kappa shape index (κ2) is 3.43. The molecule has 0 amide bonds. The summed E-state index contributed by atoms with van der Waals surface area (Å²) in [6, 6.07) is 0. The van der Waals surface area contributed by atoms with E-state index in [4.69, 9.17) is 9.90 Å². The van der Waals surface area contributed by atoms with Crippen molar-refractivity contribution < 1.29 is 9.90 Å². The lowest BCUT2D eigenvalue weighted by Gasteiger charge is -1.58. The number of aliphatic carboxylic acids is 1. The molecule has 3 heteroatoms. The van der Waals surface area contributed by atoms with E-state index < -0.39 is 5.97 Å². The molecule has 1 radical (unpaired) electrons. The molecule has 0 aromatic carbocycles. The standard InChI is InChI=1S/C2H3O2.H3N/c1-2(3)4;/h1H2,(H,3,4);1H3. The number of carboxylic acids is 1. The molecule has 0 rings (SSSR count). The Bertz CT molecular complexity index is 30.6. The van der Waals surface area contributed by atoms with Crippen LogP contribution < -0.4 is 6.15 Å². The van der Waals surface area contributed by atoms with Crippen LogP contribution in [0.3, 0.4) is 0 Å². The van der Waals surface area contributed by atoms with Gasteiger partial charge in [-0.3, -0.25) is 4.79 Å². The molecular weight excluding hydrogens is 70.0 g/mol. The van der Waals surface area contributed by atoms with Gasteiger partial charge in [0.1, 0.15) is 0 Å². The topological polar surface area (TPSA) is 72.3 Å². The van der Waals surface area contributed by atoms with E-state index in [2.05, 4.69) is 6.92 Å². The molecule has 0 aliphatic heterocycles. The van der Waals surface area contributed by atoms with Crippen LogP contribution in [0.25, 0.3) is 0 Å². The van der Waals surface area contributed by atoms with Crippen molar-refractivity contribution in [3.05, 3.63) is 6.92 Å². The van der Waals surface area contributed by atoms with E-state index in [0.29, 0.717) is 0 Å². The summed E-state index contributed by atoms with van der Waals surface area (Å²) < 4.78 is 0. The molecule has 0 saturated heterocycles. The summed E-state index contributed by atoms with van der Waals surface area (Å²) >= 11 is 0. The fourth-order valence-corrected chi connectivity index (χ4v) is 0.